The molecule has 0 radical (unpaired) electrons. The summed E-state index contributed by atoms with van der Waals surface area (Å²) in [6.45, 7) is 6.56. The third-order valence-electron chi connectivity index (χ3n) is 4.40. The summed E-state index contributed by atoms with van der Waals surface area (Å²) in [7, 11) is 0. The average Bonchev–Trinajstić information content (AvgIpc) is 2.68. The second-order valence-corrected chi connectivity index (χ2v) is 7.62. The maximum atomic E-state index is 12.0. The number of hydrogen-bond acceptors (Lipinski definition) is 4. The molecule has 2 amide bonds. The van der Waals surface area contributed by atoms with Gasteiger partial charge in [0.05, 0.1) is 6.04 Å². The van der Waals surface area contributed by atoms with Crippen molar-refractivity contribution in [2.75, 3.05) is 18.5 Å². The van der Waals surface area contributed by atoms with Crippen molar-refractivity contribution < 1.29 is 14.3 Å². The first kappa shape index (κ1) is 25.5. The molecule has 0 spiro atoms. The van der Waals surface area contributed by atoms with E-state index in [0.717, 1.165) is 16.8 Å². The quantitative estimate of drug-likeness (QED) is 0.534. The predicted molar refractivity (Wildman–Crippen MR) is 123 cm³/mol. The van der Waals surface area contributed by atoms with Crippen molar-refractivity contribution in [3.05, 3.63) is 59.7 Å². The number of halogens is 1. The van der Waals surface area contributed by atoms with Crippen LogP contribution in [0.25, 0.3) is 0 Å². The lowest BCUT2D eigenvalue weighted by Crippen LogP contribution is -2.42. The van der Waals surface area contributed by atoms with Crippen LogP contribution < -0.4 is 21.1 Å². The fourth-order valence-electron chi connectivity index (χ4n) is 2.81. The van der Waals surface area contributed by atoms with Crippen LogP contribution in [0.2, 0.25) is 0 Å². The summed E-state index contributed by atoms with van der Waals surface area (Å²) >= 11 is 0. The number of nitrogens with two attached hydrogens (primary N) is 1. The van der Waals surface area contributed by atoms with Gasteiger partial charge in [-0.1, -0.05) is 43.7 Å². The summed E-state index contributed by atoms with van der Waals surface area (Å²) < 4.78 is 5.53. The van der Waals surface area contributed by atoms with Gasteiger partial charge in [0.2, 0.25) is 5.91 Å². The van der Waals surface area contributed by atoms with E-state index in [1.807, 2.05) is 69.3 Å². The van der Waals surface area contributed by atoms with Gasteiger partial charge in [0, 0.05) is 12.2 Å². The van der Waals surface area contributed by atoms with Gasteiger partial charge in [0.15, 0.2) is 6.61 Å². The minimum Gasteiger partial charge on any atom is -0.484 e. The maximum absolute atomic E-state index is 12.0. The van der Waals surface area contributed by atoms with Crippen molar-refractivity contribution in [2.24, 2.45) is 11.7 Å². The van der Waals surface area contributed by atoms with Crippen LogP contribution in [0.1, 0.15) is 31.4 Å². The van der Waals surface area contributed by atoms with Crippen LogP contribution in [0.5, 0.6) is 5.75 Å². The lowest BCUT2D eigenvalue weighted by atomic mass is 10.0. The third-order valence-corrected chi connectivity index (χ3v) is 4.40. The SMILES string of the molecule is Cc1ccc(NC(=O)COc2ccc(CCNC(=O)[C@@H](N)CC(C)C)cc2)cc1.Cl. The molecule has 0 saturated heterocycles. The van der Waals surface area contributed by atoms with Crippen LogP contribution in [0.3, 0.4) is 0 Å². The third kappa shape index (κ3) is 9.29. The van der Waals surface area contributed by atoms with Crippen molar-refractivity contribution >= 4 is 29.9 Å². The maximum Gasteiger partial charge on any atom is 0.262 e. The number of amides is 2. The average molecular weight is 434 g/mol. The van der Waals surface area contributed by atoms with Crippen LogP contribution in [-0.2, 0) is 16.0 Å². The van der Waals surface area contributed by atoms with E-state index in [-0.39, 0.29) is 30.8 Å². The number of carbonyl (C=O) groups excluding carboxylic acids is 2. The molecule has 0 fully saturated rings. The highest BCUT2D eigenvalue weighted by Gasteiger charge is 2.14. The van der Waals surface area contributed by atoms with Gasteiger partial charge in [-0.15, -0.1) is 12.4 Å². The zero-order valence-corrected chi connectivity index (χ0v) is 18.6. The molecule has 2 rings (SSSR count). The molecule has 4 N–H and O–H groups in total. The van der Waals surface area contributed by atoms with Crippen LogP contribution in [0, 0.1) is 12.8 Å². The summed E-state index contributed by atoms with van der Waals surface area (Å²) in [4.78, 5) is 23.9. The fraction of sp³-hybridized carbons (Fsp3) is 0.391. The lowest BCUT2D eigenvalue weighted by Gasteiger charge is -2.14. The van der Waals surface area contributed by atoms with Crippen LogP contribution in [-0.4, -0.2) is 31.0 Å². The summed E-state index contributed by atoms with van der Waals surface area (Å²) in [5, 5.41) is 5.67. The molecule has 2 aromatic rings. The van der Waals surface area contributed by atoms with Gasteiger partial charge in [0.25, 0.3) is 5.91 Å². The molecule has 1 atom stereocenters. The first-order valence-electron chi connectivity index (χ1n) is 9.95. The van der Waals surface area contributed by atoms with Crippen molar-refractivity contribution in [3.63, 3.8) is 0 Å². The Morgan fingerprint density at radius 1 is 1.03 bits per heavy atom. The smallest absolute Gasteiger partial charge is 0.262 e. The van der Waals surface area contributed by atoms with Crippen molar-refractivity contribution in [1.29, 1.82) is 0 Å². The van der Waals surface area contributed by atoms with Gasteiger partial charge >= 0.3 is 0 Å². The monoisotopic (exact) mass is 433 g/mol. The number of anilines is 1. The molecule has 0 aromatic heterocycles. The summed E-state index contributed by atoms with van der Waals surface area (Å²) in [6, 6.07) is 14.6. The highest BCUT2D eigenvalue weighted by molar-refractivity contribution is 5.91. The molecule has 0 aliphatic carbocycles. The molecule has 6 nitrogen and oxygen atoms in total. The molecular weight excluding hydrogens is 402 g/mol. The zero-order chi connectivity index (χ0) is 21.2. The topological polar surface area (TPSA) is 93.5 Å². The zero-order valence-electron chi connectivity index (χ0n) is 17.8. The van der Waals surface area contributed by atoms with E-state index in [1.54, 1.807) is 0 Å². The molecule has 0 aliphatic rings. The molecule has 0 aliphatic heterocycles. The number of carbonyl (C=O) groups is 2. The molecule has 0 heterocycles. The summed E-state index contributed by atoms with van der Waals surface area (Å²) in [6.07, 6.45) is 1.38. The van der Waals surface area contributed by atoms with Crippen LogP contribution in [0.4, 0.5) is 5.69 Å². The lowest BCUT2D eigenvalue weighted by molar-refractivity contribution is -0.122. The highest BCUT2D eigenvalue weighted by Crippen LogP contribution is 2.13. The Morgan fingerprint density at radius 3 is 2.27 bits per heavy atom. The fourth-order valence-corrected chi connectivity index (χ4v) is 2.81. The molecule has 2 aromatic carbocycles. The Labute approximate surface area is 185 Å². The Kier molecular flexibility index (Phi) is 10.9. The Balaban J connectivity index is 0.00000450. The van der Waals surface area contributed by atoms with Crippen molar-refractivity contribution in [2.45, 2.75) is 39.7 Å². The minimum atomic E-state index is -0.461. The van der Waals surface area contributed by atoms with E-state index in [0.29, 0.717) is 31.1 Å². The van der Waals surface area contributed by atoms with Gasteiger partial charge < -0.3 is 21.1 Å². The molecule has 7 heteroatoms. The van der Waals surface area contributed by atoms with E-state index >= 15 is 0 Å². The standard InChI is InChI=1S/C23H31N3O3.ClH/c1-16(2)14-21(24)23(28)25-13-12-18-6-10-20(11-7-18)29-15-22(27)26-19-8-4-17(3)5-9-19;/h4-11,16,21H,12-15,24H2,1-3H3,(H,25,28)(H,26,27);1H/t21-;/m0./s1. The summed E-state index contributed by atoms with van der Waals surface area (Å²) in [5.74, 6) is 0.690. The highest BCUT2D eigenvalue weighted by atomic mass is 35.5. The molecule has 164 valence electrons. The number of hydrogen-bond donors (Lipinski definition) is 3. The number of ether oxygens (including phenoxy) is 1. The second kappa shape index (κ2) is 12.9. The normalized spacial score (nSPS) is 11.4. The summed E-state index contributed by atoms with van der Waals surface area (Å²) in [5.41, 5.74) is 8.82. The number of rotatable bonds is 10. The Bertz CT molecular complexity index is 792. The van der Waals surface area contributed by atoms with Crippen molar-refractivity contribution in [3.8, 4) is 5.75 Å². The Morgan fingerprint density at radius 2 is 1.67 bits per heavy atom. The van der Waals surface area contributed by atoms with Gasteiger partial charge in [0.1, 0.15) is 5.75 Å². The largest absolute Gasteiger partial charge is 0.484 e. The van der Waals surface area contributed by atoms with Gasteiger partial charge in [-0.3, -0.25) is 9.59 Å². The number of benzene rings is 2. The molecule has 0 saturated carbocycles. The van der Waals surface area contributed by atoms with E-state index < -0.39 is 6.04 Å². The number of nitrogens with one attached hydrogen (secondary N) is 2. The van der Waals surface area contributed by atoms with E-state index in [1.165, 1.54) is 0 Å². The second-order valence-electron chi connectivity index (χ2n) is 7.62. The van der Waals surface area contributed by atoms with E-state index in [2.05, 4.69) is 10.6 Å². The molecule has 0 bridgehead atoms. The predicted octanol–water partition coefficient (Wildman–Crippen LogP) is 3.47. The number of aryl methyl sites for hydroxylation is 1. The minimum absolute atomic E-state index is 0. The molecular formula is C23H32ClN3O3. The van der Waals surface area contributed by atoms with Crippen molar-refractivity contribution in [1.82, 2.24) is 5.32 Å². The van der Waals surface area contributed by atoms with Gasteiger partial charge in [-0.05, 0) is 55.5 Å². The molecule has 30 heavy (non-hydrogen) atoms. The van der Waals surface area contributed by atoms with Crippen LogP contribution in [0.15, 0.2) is 48.5 Å². The van der Waals surface area contributed by atoms with Gasteiger partial charge in [-0.2, -0.15) is 0 Å². The van der Waals surface area contributed by atoms with Gasteiger partial charge in [-0.25, -0.2) is 0 Å². The van der Waals surface area contributed by atoms with Crippen LogP contribution >= 0.6 is 12.4 Å². The first-order chi connectivity index (χ1) is 13.8. The first-order valence-corrected chi connectivity index (χ1v) is 9.95. The Hall–Kier alpha value is -2.57. The molecule has 0 unspecified atom stereocenters. The van der Waals surface area contributed by atoms with E-state index in [9.17, 15) is 9.59 Å². The van der Waals surface area contributed by atoms with E-state index in [4.69, 9.17) is 10.5 Å².